The van der Waals surface area contributed by atoms with E-state index >= 15 is 0 Å². The molecule has 0 unspecified atom stereocenters. The normalized spacial score (nSPS) is 10.3. The molecule has 0 fully saturated rings. The minimum Gasteiger partial charge on any atom is -0.482 e. The van der Waals surface area contributed by atoms with E-state index in [2.05, 4.69) is 5.16 Å². The van der Waals surface area contributed by atoms with Gasteiger partial charge in [0.1, 0.15) is 5.75 Å². The van der Waals surface area contributed by atoms with Crippen molar-refractivity contribution in [1.82, 2.24) is 0 Å². The van der Waals surface area contributed by atoms with Gasteiger partial charge in [-0.15, -0.1) is 0 Å². The van der Waals surface area contributed by atoms with Crippen LogP contribution in [0.15, 0.2) is 29.4 Å². The van der Waals surface area contributed by atoms with Gasteiger partial charge >= 0.3 is 5.97 Å². The predicted octanol–water partition coefficient (Wildman–Crippen LogP) is 1.44. The van der Waals surface area contributed by atoms with Crippen molar-refractivity contribution < 1.29 is 19.5 Å². The highest BCUT2D eigenvalue weighted by Gasteiger charge is 2.02. The Hall–Kier alpha value is -2.04. The van der Waals surface area contributed by atoms with Crippen LogP contribution in [-0.4, -0.2) is 30.6 Å². The fourth-order valence-electron chi connectivity index (χ4n) is 1.06. The third-order valence-electron chi connectivity index (χ3n) is 1.75. The van der Waals surface area contributed by atoms with Crippen molar-refractivity contribution in [2.75, 3.05) is 13.2 Å². The molecule has 0 aliphatic carbocycles. The fraction of sp³-hybridized carbons (Fsp3) is 0.273. The van der Waals surface area contributed by atoms with E-state index in [0.717, 1.165) is 5.56 Å². The summed E-state index contributed by atoms with van der Waals surface area (Å²) >= 11 is 0. The first kappa shape index (κ1) is 12.0. The number of hydrogen-bond acceptors (Lipinski definition) is 5. The Kier molecular flexibility index (Phi) is 4.85. The number of benzene rings is 1. The highest BCUT2D eigenvalue weighted by Crippen LogP contribution is 2.10. The van der Waals surface area contributed by atoms with Crippen molar-refractivity contribution >= 4 is 12.2 Å². The van der Waals surface area contributed by atoms with Gasteiger partial charge in [0, 0.05) is 0 Å². The van der Waals surface area contributed by atoms with Crippen LogP contribution < -0.4 is 4.74 Å². The zero-order valence-electron chi connectivity index (χ0n) is 8.92. The standard InChI is InChI=1S/C11H13NO4/c1-2-15-11(13)8-16-10-5-3-9(4-6-10)7-12-14/h3-7,14H,2,8H2,1H3/b12-7-. The second-order valence-corrected chi connectivity index (χ2v) is 2.91. The summed E-state index contributed by atoms with van der Waals surface area (Å²) in [4.78, 5) is 11.0. The molecule has 0 heterocycles. The molecule has 1 aromatic rings. The largest absolute Gasteiger partial charge is 0.482 e. The van der Waals surface area contributed by atoms with E-state index in [1.54, 1.807) is 31.2 Å². The summed E-state index contributed by atoms with van der Waals surface area (Å²) in [6.07, 6.45) is 1.30. The maximum atomic E-state index is 11.0. The lowest BCUT2D eigenvalue weighted by Crippen LogP contribution is -2.14. The summed E-state index contributed by atoms with van der Waals surface area (Å²) in [5.41, 5.74) is 0.742. The average Bonchev–Trinajstić information content (AvgIpc) is 2.29. The Morgan fingerprint density at radius 2 is 2.12 bits per heavy atom. The van der Waals surface area contributed by atoms with Crippen molar-refractivity contribution in [2.45, 2.75) is 6.92 Å². The van der Waals surface area contributed by atoms with Gasteiger partial charge in [-0.2, -0.15) is 0 Å². The summed E-state index contributed by atoms with van der Waals surface area (Å²) in [5.74, 6) is 0.159. The number of carbonyl (C=O) groups is 1. The zero-order valence-corrected chi connectivity index (χ0v) is 8.92. The summed E-state index contributed by atoms with van der Waals surface area (Å²) in [7, 11) is 0. The van der Waals surface area contributed by atoms with E-state index < -0.39 is 5.97 Å². The molecule has 0 spiro atoms. The molecule has 1 rings (SSSR count). The number of ether oxygens (including phenoxy) is 2. The second-order valence-electron chi connectivity index (χ2n) is 2.91. The predicted molar refractivity (Wildman–Crippen MR) is 58.0 cm³/mol. The van der Waals surface area contributed by atoms with Crippen LogP contribution in [0.4, 0.5) is 0 Å². The number of nitrogens with zero attached hydrogens (tertiary/aromatic N) is 1. The molecule has 1 N–H and O–H groups in total. The van der Waals surface area contributed by atoms with Gasteiger partial charge in [0.05, 0.1) is 12.8 Å². The van der Waals surface area contributed by atoms with E-state index in [4.69, 9.17) is 14.7 Å². The van der Waals surface area contributed by atoms with Crippen LogP contribution in [0.1, 0.15) is 12.5 Å². The lowest BCUT2D eigenvalue weighted by Gasteiger charge is -2.05. The Morgan fingerprint density at radius 1 is 1.44 bits per heavy atom. The molecular formula is C11H13NO4. The first-order chi connectivity index (χ1) is 7.76. The van der Waals surface area contributed by atoms with Crippen molar-refractivity contribution in [2.24, 2.45) is 5.16 Å². The molecular weight excluding hydrogens is 210 g/mol. The molecule has 16 heavy (non-hydrogen) atoms. The van der Waals surface area contributed by atoms with E-state index in [-0.39, 0.29) is 6.61 Å². The number of oxime groups is 1. The molecule has 0 aromatic heterocycles. The third-order valence-corrected chi connectivity index (χ3v) is 1.75. The number of hydrogen-bond donors (Lipinski definition) is 1. The summed E-state index contributed by atoms with van der Waals surface area (Å²) < 4.78 is 9.88. The third kappa shape index (κ3) is 4.00. The monoisotopic (exact) mass is 223 g/mol. The number of esters is 1. The van der Waals surface area contributed by atoms with E-state index in [9.17, 15) is 4.79 Å². The molecule has 5 nitrogen and oxygen atoms in total. The molecule has 0 amide bonds. The molecule has 0 atom stereocenters. The minimum atomic E-state index is -0.400. The topological polar surface area (TPSA) is 68.1 Å². The summed E-state index contributed by atoms with van der Waals surface area (Å²) in [6, 6.07) is 6.77. The Balaban J connectivity index is 2.46. The quantitative estimate of drug-likeness (QED) is 0.355. The van der Waals surface area contributed by atoms with Crippen LogP contribution in [0.3, 0.4) is 0 Å². The van der Waals surface area contributed by atoms with Gasteiger partial charge in [0.25, 0.3) is 0 Å². The number of carbonyl (C=O) groups excluding carboxylic acids is 1. The van der Waals surface area contributed by atoms with Gasteiger partial charge in [-0.1, -0.05) is 5.16 Å². The van der Waals surface area contributed by atoms with Gasteiger partial charge < -0.3 is 14.7 Å². The van der Waals surface area contributed by atoms with Crippen LogP contribution in [0.25, 0.3) is 0 Å². The first-order valence-electron chi connectivity index (χ1n) is 4.82. The smallest absolute Gasteiger partial charge is 0.344 e. The molecule has 0 saturated heterocycles. The second kappa shape index (κ2) is 6.44. The number of rotatable bonds is 5. The lowest BCUT2D eigenvalue weighted by atomic mass is 10.2. The van der Waals surface area contributed by atoms with Crippen molar-refractivity contribution in [3.8, 4) is 5.75 Å². The molecule has 0 aliphatic heterocycles. The Labute approximate surface area is 93.3 Å². The van der Waals surface area contributed by atoms with E-state index in [0.29, 0.717) is 12.4 Å². The van der Waals surface area contributed by atoms with Crippen molar-refractivity contribution in [1.29, 1.82) is 0 Å². The van der Waals surface area contributed by atoms with Crippen LogP contribution in [0.2, 0.25) is 0 Å². The lowest BCUT2D eigenvalue weighted by molar-refractivity contribution is -0.145. The van der Waals surface area contributed by atoms with Gasteiger partial charge in [0.15, 0.2) is 6.61 Å². The molecule has 0 bridgehead atoms. The van der Waals surface area contributed by atoms with Crippen LogP contribution in [0, 0.1) is 0 Å². The van der Waals surface area contributed by atoms with E-state index in [1.165, 1.54) is 6.21 Å². The maximum Gasteiger partial charge on any atom is 0.344 e. The Bertz CT molecular complexity index is 359. The van der Waals surface area contributed by atoms with Gasteiger partial charge in [0.2, 0.25) is 0 Å². The van der Waals surface area contributed by atoms with E-state index in [1.807, 2.05) is 0 Å². The molecule has 86 valence electrons. The Morgan fingerprint density at radius 3 is 2.69 bits per heavy atom. The molecule has 0 saturated carbocycles. The minimum absolute atomic E-state index is 0.110. The SMILES string of the molecule is CCOC(=O)COc1ccc(/C=N\O)cc1. The van der Waals surface area contributed by atoms with Crippen molar-refractivity contribution in [3.05, 3.63) is 29.8 Å². The van der Waals surface area contributed by atoms with Crippen LogP contribution in [-0.2, 0) is 9.53 Å². The summed E-state index contributed by atoms with van der Waals surface area (Å²) in [6.45, 7) is 1.97. The summed E-state index contributed by atoms with van der Waals surface area (Å²) in [5, 5.41) is 11.2. The molecule has 0 radical (unpaired) electrons. The molecule has 5 heteroatoms. The molecule has 0 aliphatic rings. The highest BCUT2D eigenvalue weighted by molar-refractivity contribution is 5.79. The maximum absolute atomic E-state index is 11.0. The van der Waals surface area contributed by atoms with Gasteiger partial charge in [-0.05, 0) is 36.8 Å². The van der Waals surface area contributed by atoms with Crippen LogP contribution in [0.5, 0.6) is 5.75 Å². The fourth-order valence-corrected chi connectivity index (χ4v) is 1.06. The van der Waals surface area contributed by atoms with Gasteiger partial charge in [-0.3, -0.25) is 0 Å². The highest BCUT2D eigenvalue weighted by atomic mass is 16.6. The zero-order chi connectivity index (χ0) is 11.8. The van der Waals surface area contributed by atoms with Crippen LogP contribution >= 0.6 is 0 Å². The van der Waals surface area contributed by atoms with Gasteiger partial charge in [-0.25, -0.2) is 4.79 Å². The first-order valence-corrected chi connectivity index (χ1v) is 4.82. The average molecular weight is 223 g/mol. The van der Waals surface area contributed by atoms with Crippen molar-refractivity contribution in [3.63, 3.8) is 0 Å². The molecule has 1 aromatic carbocycles.